The summed E-state index contributed by atoms with van der Waals surface area (Å²) in [5.74, 6) is 0. The number of hydrogen-bond donors (Lipinski definition) is 0. The first-order chi connectivity index (χ1) is 4.97. The summed E-state index contributed by atoms with van der Waals surface area (Å²) < 4.78 is 0. The van der Waals surface area contributed by atoms with Crippen molar-refractivity contribution in [1.29, 1.82) is 0 Å². The van der Waals surface area contributed by atoms with Gasteiger partial charge in [0.05, 0.1) is 12.1 Å². The normalized spacial score (nSPS) is 34.4. The van der Waals surface area contributed by atoms with Crippen molar-refractivity contribution in [3.8, 4) is 0 Å². The molecule has 0 spiro atoms. The fourth-order valence-corrected chi connectivity index (χ4v) is 1.14. The molecule has 1 aliphatic heterocycles. The summed E-state index contributed by atoms with van der Waals surface area (Å²) in [5, 5.41) is 0. The van der Waals surface area contributed by atoms with Crippen molar-refractivity contribution in [3.63, 3.8) is 0 Å². The molecule has 2 heteroatoms. The molecule has 50 valence electrons. The highest BCUT2D eigenvalue weighted by Crippen LogP contribution is 2.13. The van der Waals surface area contributed by atoms with Crippen LogP contribution in [0.1, 0.15) is 0 Å². The van der Waals surface area contributed by atoms with Crippen LogP contribution in [0.3, 0.4) is 0 Å². The fraction of sp³-hybridized carbons (Fsp3) is 0.250. The summed E-state index contributed by atoms with van der Waals surface area (Å²) >= 11 is 0. The van der Waals surface area contributed by atoms with Gasteiger partial charge in [0.2, 0.25) is 0 Å². The summed E-state index contributed by atoms with van der Waals surface area (Å²) in [6.07, 6.45) is 11.7. The van der Waals surface area contributed by atoms with Crippen LogP contribution < -0.4 is 0 Å². The quantitative estimate of drug-likeness (QED) is 0.470. The van der Waals surface area contributed by atoms with Crippen molar-refractivity contribution in [3.05, 3.63) is 24.3 Å². The van der Waals surface area contributed by atoms with Crippen LogP contribution in [-0.4, -0.2) is 24.5 Å². The number of nitrogens with zero attached hydrogens (tertiary/aromatic N) is 2. The van der Waals surface area contributed by atoms with E-state index in [-0.39, 0.29) is 12.1 Å². The third-order valence-electron chi connectivity index (χ3n) is 1.66. The molecule has 2 atom stereocenters. The van der Waals surface area contributed by atoms with Crippen LogP contribution in [-0.2, 0) is 0 Å². The highest BCUT2D eigenvalue weighted by Gasteiger charge is 2.16. The molecule has 0 aromatic carbocycles. The Morgan fingerprint density at radius 3 is 1.80 bits per heavy atom. The summed E-state index contributed by atoms with van der Waals surface area (Å²) in [5.41, 5.74) is 0. The van der Waals surface area contributed by atoms with Crippen LogP contribution in [0.25, 0.3) is 0 Å². The van der Waals surface area contributed by atoms with E-state index in [4.69, 9.17) is 0 Å². The molecular weight excluding hydrogens is 124 g/mol. The van der Waals surface area contributed by atoms with Crippen molar-refractivity contribution >= 4 is 12.4 Å². The number of aliphatic imine (C=N–C) groups is 2. The highest BCUT2D eigenvalue weighted by molar-refractivity contribution is 6.16. The molecule has 2 rings (SSSR count). The van der Waals surface area contributed by atoms with Gasteiger partial charge in [-0.1, -0.05) is 24.3 Å². The molecular formula is C8H8N2. The van der Waals surface area contributed by atoms with Crippen molar-refractivity contribution in [2.75, 3.05) is 0 Å². The number of rotatable bonds is 0. The predicted molar refractivity (Wildman–Crippen MR) is 42.8 cm³/mol. The molecule has 0 saturated carbocycles. The monoisotopic (exact) mass is 132 g/mol. The van der Waals surface area contributed by atoms with E-state index >= 15 is 0 Å². The van der Waals surface area contributed by atoms with Gasteiger partial charge in [-0.2, -0.15) is 0 Å². The zero-order chi connectivity index (χ0) is 6.81. The van der Waals surface area contributed by atoms with Crippen LogP contribution >= 0.6 is 0 Å². The van der Waals surface area contributed by atoms with E-state index in [1.54, 1.807) is 12.4 Å². The van der Waals surface area contributed by atoms with Gasteiger partial charge in [-0.05, 0) is 0 Å². The lowest BCUT2D eigenvalue weighted by atomic mass is 10.0. The molecule has 0 saturated heterocycles. The first-order valence-electron chi connectivity index (χ1n) is 3.37. The van der Waals surface area contributed by atoms with E-state index in [0.717, 1.165) is 0 Å². The first kappa shape index (κ1) is 5.59. The van der Waals surface area contributed by atoms with Crippen molar-refractivity contribution in [2.24, 2.45) is 9.98 Å². The number of hydrogen-bond acceptors (Lipinski definition) is 2. The van der Waals surface area contributed by atoms with Crippen LogP contribution in [0.15, 0.2) is 34.3 Å². The number of allylic oxidation sites excluding steroid dienone is 2. The van der Waals surface area contributed by atoms with E-state index in [1.807, 2.05) is 12.2 Å². The van der Waals surface area contributed by atoms with Crippen LogP contribution in [0.5, 0.6) is 0 Å². The van der Waals surface area contributed by atoms with Gasteiger partial charge in [0.1, 0.15) is 0 Å². The molecule has 0 amide bonds. The van der Waals surface area contributed by atoms with E-state index < -0.39 is 0 Å². The summed E-state index contributed by atoms with van der Waals surface area (Å²) in [6, 6.07) is 0.519. The van der Waals surface area contributed by atoms with Crippen LogP contribution in [0, 0.1) is 0 Å². The standard InChI is InChI=1S/C8H8N2/c1-2-4-8-7(3-1)9-5-6-10-8/h1-8H/t7-,8?/m0/s1. The maximum Gasteiger partial charge on any atom is 0.0942 e. The van der Waals surface area contributed by atoms with E-state index in [9.17, 15) is 0 Å². The van der Waals surface area contributed by atoms with E-state index in [1.165, 1.54) is 0 Å². The van der Waals surface area contributed by atoms with Gasteiger partial charge in [-0.25, -0.2) is 0 Å². The Kier molecular flexibility index (Phi) is 1.24. The SMILES string of the molecule is C1=CC2N=CC=N[C@H]2C=C1. The Labute approximate surface area is 59.7 Å². The van der Waals surface area contributed by atoms with Gasteiger partial charge in [-0.3, -0.25) is 9.98 Å². The lowest BCUT2D eigenvalue weighted by Gasteiger charge is -2.18. The zero-order valence-electron chi connectivity index (χ0n) is 5.51. The minimum Gasteiger partial charge on any atom is -0.282 e. The molecule has 0 radical (unpaired) electrons. The van der Waals surface area contributed by atoms with Crippen molar-refractivity contribution in [1.82, 2.24) is 0 Å². The van der Waals surface area contributed by atoms with E-state index in [2.05, 4.69) is 22.1 Å². The van der Waals surface area contributed by atoms with Gasteiger partial charge in [-0.15, -0.1) is 0 Å². The van der Waals surface area contributed by atoms with Crippen LogP contribution in [0.2, 0.25) is 0 Å². The minimum atomic E-state index is 0.259. The molecule has 2 aliphatic rings. The van der Waals surface area contributed by atoms with Gasteiger partial charge in [0.15, 0.2) is 0 Å². The van der Waals surface area contributed by atoms with Gasteiger partial charge in [0.25, 0.3) is 0 Å². The molecule has 1 unspecified atom stereocenters. The Bertz CT molecular complexity index is 186. The first-order valence-corrected chi connectivity index (χ1v) is 3.37. The summed E-state index contributed by atoms with van der Waals surface area (Å²) in [6.45, 7) is 0. The van der Waals surface area contributed by atoms with Crippen molar-refractivity contribution in [2.45, 2.75) is 12.1 Å². The molecule has 2 nitrogen and oxygen atoms in total. The molecule has 0 aromatic rings. The molecule has 0 bridgehead atoms. The smallest absolute Gasteiger partial charge is 0.0942 e. The van der Waals surface area contributed by atoms with Crippen LogP contribution in [0.4, 0.5) is 0 Å². The summed E-state index contributed by atoms with van der Waals surface area (Å²) in [4.78, 5) is 8.48. The molecule has 0 fully saturated rings. The number of fused-ring (bicyclic) bond motifs is 1. The second-order valence-corrected chi connectivity index (χ2v) is 2.35. The van der Waals surface area contributed by atoms with Gasteiger partial charge in [0, 0.05) is 12.4 Å². The molecule has 10 heavy (non-hydrogen) atoms. The Hall–Kier alpha value is -1.18. The maximum absolute atomic E-state index is 4.24. The summed E-state index contributed by atoms with van der Waals surface area (Å²) in [7, 11) is 0. The zero-order valence-corrected chi connectivity index (χ0v) is 5.51. The largest absolute Gasteiger partial charge is 0.282 e. The van der Waals surface area contributed by atoms with Gasteiger partial charge >= 0.3 is 0 Å². The van der Waals surface area contributed by atoms with Crippen molar-refractivity contribution < 1.29 is 0 Å². The second-order valence-electron chi connectivity index (χ2n) is 2.35. The Balaban J connectivity index is 2.28. The molecule has 0 aromatic heterocycles. The fourth-order valence-electron chi connectivity index (χ4n) is 1.14. The molecule has 1 aliphatic carbocycles. The lowest BCUT2D eigenvalue weighted by Crippen LogP contribution is -2.23. The third kappa shape index (κ3) is 0.817. The average molecular weight is 132 g/mol. The minimum absolute atomic E-state index is 0.259. The van der Waals surface area contributed by atoms with Gasteiger partial charge < -0.3 is 0 Å². The van der Waals surface area contributed by atoms with E-state index in [0.29, 0.717) is 0 Å². The third-order valence-corrected chi connectivity index (χ3v) is 1.66. The molecule has 1 heterocycles. The highest BCUT2D eigenvalue weighted by atomic mass is 14.9. The average Bonchev–Trinajstić information content (AvgIpc) is 2.05. The lowest BCUT2D eigenvalue weighted by molar-refractivity contribution is 0.703. The Morgan fingerprint density at radius 1 is 0.800 bits per heavy atom. The predicted octanol–water partition coefficient (Wildman–Crippen LogP) is 1.00. The topological polar surface area (TPSA) is 24.7 Å². The second kappa shape index (κ2) is 2.21. The molecule has 0 N–H and O–H groups in total. The maximum atomic E-state index is 4.24. The Morgan fingerprint density at radius 2 is 1.30 bits per heavy atom.